The molecule has 1 aliphatic heterocycles. The minimum atomic E-state index is 0.353. The number of nitrogens with one attached hydrogen (secondary N) is 2. The Morgan fingerprint density at radius 3 is 2.82 bits per heavy atom. The predicted molar refractivity (Wildman–Crippen MR) is 130 cm³/mol. The highest BCUT2D eigenvalue weighted by Crippen LogP contribution is 2.29. The van der Waals surface area contributed by atoms with Gasteiger partial charge in [0.1, 0.15) is 12.0 Å². The largest absolute Gasteiger partial charge is 0.497 e. The van der Waals surface area contributed by atoms with Crippen molar-refractivity contribution in [1.29, 1.82) is 0 Å². The Kier molecular flexibility index (Phi) is 7.16. The van der Waals surface area contributed by atoms with Crippen LogP contribution in [0.5, 0.6) is 5.75 Å². The molecule has 0 saturated carbocycles. The molecule has 1 fully saturated rings. The number of hydrogen-bond acceptors (Lipinski definition) is 8. The van der Waals surface area contributed by atoms with Crippen molar-refractivity contribution in [2.45, 2.75) is 0 Å². The molecule has 33 heavy (non-hydrogen) atoms. The van der Waals surface area contributed by atoms with Crippen LogP contribution in [0.1, 0.15) is 0 Å². The summed E-state index contributed by atoms with van der Waals surface area (Å²) in [5.74, 6) is 1.18. The Hall–Kier alpha value is -3.91. The first-order chi connectivity index (χ1) is 16.1. The second-order valence-corrected chi connectivity index (χ2v) is 7.62. The number of carbonyl (C=O) groups excluding carboxylic acids is 1. The molecule has 2 heterocycles. The fourth-order valence-electron chi connectivity index (χ4n) is 3.53. The molecular formula is C25H27N5O3. The van der Waals surface area contributed by atoms with E-state index in [1.165, 1.54) is 0 Å². The standard InChI is InChI=1S/C25H27N5O3/c1-18(17-31)16-27-21-12-19(13-23(15-21)32-2)24-6-7-26-25(29-24)28-20-4-3-5-22(14-20)30-8-10-33-11-9-30/h3-7,12-15,17,27H,1,8-11,16H2,2H3,(H,26,28,29). The van der Waals surface area contributed by atoms with Crippen LogP contribution < -0.4 is 20.3 Å². The van der Waals surface area contributed by atoms with Crippen molar-refractivity contribution in [2.24, 2.45) is 0 Å². The lowest BCUT2D eigenvalue weighted by molar-refractivity contribution is -0.104. The summed E-state index contributed by atoms with van der Waals surface area (Å²) in [4.78, 5) is 22.2. The summed E-state index contributed by atoms with van der Waals surface area (Å²) in [7, 11) is 1.61. The highest BCUT2D eigenvalue weighted by Gasteiger charge is 2.12. The smallest absolute Gasteiger partial charge is 0.227 e. The Labute approximate surface area is 193 Å². The van der Waals surface area contributed by atoms with E-state index in [-0.39, 0.29) is 0 Å². The molecule has 1 aromatic heterocycles. The van der Waals surface area contributed by atoms with Crippen molar-refractivity contribution in [3.63, 3.8) is 0 Å². The molecule has 2 N–H and O–H groups in total. The number of aldehydes is 1. The molecule has 0 bridgehead atoms. The van der Waals surface area contributed by atoms with Crippen LogP contribution in [-0.4, -0.2) is 56.2 Å². The summed E-state index contributed by atoms with van der Waals surface area (Å²) >= 11 is 0. The lowest BCUT2D eigenvalue weighted by atomic mass is 10.1. The van der Waals surface area contributed by atoms with E-state index in [9.17, 15) is 4.79 Å². The number of aromatic nitrogens is 2. The summed E-state index contributed by atoms with van der Waals surface area (Å²) in [5, 5.41) is 6.50. The number of benzene rings is 2. The third kappa shape index (κ3) is 5.87. The number of ether oxygens (including phenoxy) is 2. The average Bonchev–Trinajstić information content (AvgIpc) is 2.88. The van der Waals surface area contributed by atoms with Crippen LogP contribution in [0.4, 0.5) is 23.0 Å². The SMILES string of the molecule is C=C(C=O)CNc1cc(OC)cc(-c2ccnc(Nc3cccc(N4CCOCC4)c3)n2)c1. The fourth-order valence-corrected chi connectivity index (χ4v) is 3.53. The summed E-state index contributed by atoms with van der Waals surface area (Å²) in [6.45, 7) is 7.28. The third-order valence-corrected chi connectivity index (χ3v) is 5.26. The minimum Gasteiger partial charge on any atom is -0.497 e. The highest BCUT2D eigenvalue weighted by atomic mass is 16.5. The molecule has 0 atom stereocenters. The number of nitrogens with zero attached hydrogens (tertiary/aromatic N) is 3. The number of carbonyl (C=O) groups is 1. The molecule has 8 nitrogen and oxygen atoms in total. The molecule has 0 amide bonds. The zero-order chi connectivity index (χ0) is 23.0. The first-order valence-electron chi connectivity index (χ1n) is 10.7. The van der Waals surface area contributed by atoms with E-state index in [2.05, 4.69) is 39.2 Å². The Bertz CT molecular complexity index is 1130. The predicted octanol–water partition coefficient (Wildman–Crippen LogP) is 3.90. The van der Waals surface area contributed by atoms with Crippen LogP contribution in [0.2, 0.25) is 0 Å². The lowest BCUT2D eigenvalue weighted by Crippen LogP contribution is -2.36. The number of rotatable bonds is 9. The number of hydrogen-bond donors (Lipinski definition) is 2. The van der Waals surface area contributed by atoms with Crippen molar-refractivity contribution < 1.29 is 14.3 Å². The van der Waals surface area contributed by atoms with Gasteiger partial charge in [-0.3, -0.25) is 4.79 Å². The summed E-state index contributed by atoms with van der Waals surface area (Å²) < 4.78 is 10.9. The van der Waals surface area contributed by atoms with E-state index in [0.717, 1.165) is 60.9 Å². The van der Waals surface area contributed by atoms with Crippen LogP contribution in [0, 0.1) is 0 Å². The summed E-state index contributed by atoms with van der Waals surface area (Å²) in [5.41, 5.74) is 4.93. The van der Waals surface area contributed by atoms with E-state index in [0.29, 0.717) is 23.8 Å². The molecule has 8 heteroatoms. The number of morpholine rings is 1. The number of methoxy groups -OCH3 is 1. The first kappa shape index (κ1) is 22.3. The molecule has 1 saturated heterocycles. The van der Waals surface area contributed by atoms with Crippen molar-refractivity contribution >= 4 is 29.3 Å². The van der Waals surface area contributed by atoms with Gasteiger partial charge in [-0.1, -0.05) is 12.6 Å². The van der Waals surface area contributed by atoms with Gasteiger partial charge in [0.05, 0.1) is 26.0 Å². The fraction of sp³-hybridized carbons (Fsp3) is 0.240. The molecule has 0 aliphatic carbocycles. The molecule has 0 spiro atoms. The topological polar surface area (TPSA) is 88.6 Å². The van der Waals surface area contributed by atoms with Gasteiger partial charge < -0.3 is 25.0 Å². The van der Waals surface area contributed by atoms with E-state index in [1.807, 2.05) is 36.4 Å². The molecule has 2 aromatic carbocycles. The van der Waals surface area contributed by atoms with Gasteiger partial charge >= 0.3 is 0 Å². The van der Waals surface area contributed by atoms with Crippen LogP contribution in [0.15, 0.2) is 66.9 Å². The molecule has 170 valence electrons. The number of anilines is 4. The molecule has 3 aromatic rings. The third-order valence-electron chi connectivity index (χ3n) is 5.26. The summed E-state index contributed by atoms with van der Waals surface area (Å²) in [6, 6.07) is 15.8. The highest BCUT2D eigenvalue weighted by molar-refractivity contribution is 5.75. The van der Waals surface area contributed by atoms with Gasteiger partial charge in [-0.2, -0.15) is 0 Å². The van der Waals surface area contributed by atoms with Crippen LogP contribution in [-0.2, 0) is 9.53 Å². The van der Waals surface area contributed by atoms with Crippen molar-refractivity contribution in [1.82, 2.24) is 9.97 Å². The zero-order valence-electron chi connectivity index (χ0n) is 18.6. The van der Waals surface area contributed by atoms with Crippen LogP contribution in [0.25, 0.3) is 11.3 Å². The van der Waals surface area contributed by atoms with Gasteiger partial charge in [0.2, 0.25) is 5.95 Å². The Morgan fingerprint density at radius 1 is 1.18 bits per heavy atom. The lowest BCUT2D eigenvalue weighted by Gasteiger charge is -2.29. The molecular weight excluding hydrogens is 418 g/mol. The second kappa shape index (κ2) is 10.6. The van der Waals surface area contributed by atoms with Crippen molar-refractivity contribution in [3.8, 4) is 17.0 Å². The summed E-state index contributed by atoms with van der Waals surface area (Å²) in [6.07, 6.45) is 2.46. The van der Waals surface area contributed by atoms with Gasteiger partial charge in [0.15, 0.2) is 0 Å². The Balaban J connectivity index is 1.54. The molecule has 4 rings (SSSR count). The maximum absolute atomic E-state index is 10.8. The van der Waals surface area contributed by atoms with E-state index < -0.39 is 0 Å². The van der Waals surface area contributed by atoms with Crippen LogP contribution >= 0.6 is 0 Å². The van der Waals surface area contributed by atoms with Crippen LogP contribution in [0.3, 0.4) is 0 Å². The van der Waals surface area contributed by atoms with E-state index >= 15 is 0 Å². The molecule has 0 radical (unpaired) electrons. The van der Waals surface area contributed by atoms with Gasteiger partial charge in [-0.05, 0) is 36.4 Å². The quantitative estimate of drug-likeness (QED) is 0.379. The van der Waals surface area contributed by atoms with E-state index in [1.54, 1.807) is 13.3 Å². The second-order valence-electron chi connectivity index (χ2n) is 7.62. The van der Waals surface area contributed by atoms with Gasteiger partial charge in [0.25, 0.3) is 0 Å². The van der Waals surface area contributed by atoms with Crippen molar-refractivity contribution in [2.75, 3.05) is 55.5 Å². The van der Waals surface area contributed by atoms with Gasteiger partial charge in [-0.15, -0.1) is 0 Å². The maximum Gasteiger partial charge on any atom is 0.227 e. The monoisotopic (exact) mass is 445 g/mol. The normalized spacial score (nSPS) is 13.3. The molecule has 1 aliphatic rings. The van der Waals surface area contributed by atoms with Crippen molar-refractivity contribution in [3.05, 3.63) is 66.9 Å². The Morgan fingerprint density at radius 2 is 2.03 bits per heavy atom. The minimum absolute atomic E-state index is 0.353. The maximum atomic E-state index is 10.8. The van der Waals surface area contributed by atoms with Gasteiger partial charge in [-0.25, -0.2) is 9.97 Å². The first-order valence-corrected chi connectivity index (χ1v) is 10.7. The van der Waals surface area contributed by atoms with E-state index in [4.69, 9.17) is 14.5 Å². The zero-order valence-corrected chi connectivity index (χ0v) is 18.6. The average molecular weight is 446 g/mol. The molecule has 0 unspecified atom stereocenters. The van der Waals surface area contributed by atoms with Gasteiger partial charge in [0, 0.05) is 60.1 Å².